The van der Waals surface area contributed by atoms with E-state index in [2.05, 4.69) is 54.6 Å². The van der Waals surface area contributed by atoms with E-state index in [0.717, 1.165) is 35.5 Å². The zero-order chi connectivity index (χ0) is 27.1. The van der Waals surface area contributed by atoms with Gasteiger partial charge >= 0.3 is 0 Å². The first kappa shape index (κ1) is 29.9. The second kappa shape index (κ2) is 10.9. The first-order valence-corrected chi connectivity index (χ1v) is 17.7. The molecule has 8 heteroatoms. The van der Waals surface area contributed by atoms with Crippen LogP contribution in [-0.2, 0) is 11.0 Å². The molecule has 0 radical (unpaired) electrons. The third kappa shape index (κ3) is 5.41. The van der Waals surface area contributed by atoms with Gasteiger partial charge in [-0.15, -0.1) is 23.5 Å². The van der Waals surface area contributed by atoms with E-state index in [9.17, 15) is 10.2 Å². The molecule has 3 rings (SSSR count). The van der Waals surface area contributed by atoms with Crippen LogP contribution in [0, 0.1) is 5.41 Å². The number of thioether (sulfide) groups is 2. The van der Waals surface area contributed by atoms with Gasteiger partial charge in [0.1, 0.15) is 23.7 Å². The molecule has 0 aromatic heterocycles. The Bertz CT molecular complexity index is 977. The van der Waals surface area contributed by atoms with Crippen molar-refractivity contribution < 1.29 is 24.1 Å². The van der Waals surface area contributed by atoms with E-state index in [-0.39, 0.29) is 14.5 Å². The van der Waals surface area contributed by atoms with Crippen LogP contribution in [-0.4, -0.2) is 54.4 Å². The van der Waals surface area contributed by atoms with Crippen LogP contribution in [0.5, 0.6) is 11.5 Å². The number of benzene rings is 1. The highest BCUT2D eigenvalue weighted by Gasteiger charge is 2.54. The predicted octanol–water partition coefficient (Wildman–Crippen LogP) is 6.93. The minimum absolute atomic E-state index is 0.0286. The Morgan fingerprint density at radius 1 is 1.03 bits per heavy atom. The number of allylic oxidation sites excluding steroid dienone is 1. The van der Waals surface area contributed by atoms with Crippen LogP contribution in [0.15, 0.2) is 23.3 Å². The van der Waals surface area contributed by atoms with Gasteiger partial charge in [0, 0.05) is 28.6 Å². The van der Waals surface area contributed by atoms with Crippen LogP contribution in [0.25, 0.3) is 0 Å². The van der Waals surface area contributed by atoms with Crippen molar-refractivity contribution in [3.63, 3.8) is 0 Å². The fourth-order valence-corrected chi connectivity index (χ4v) is 9.85. The van der Waals surface area contributed by atoms with Gasteiger partial charge < -0.3 is 24.1 Å². The monoisotopic (exact) mass is 554 g/mol. The summed E-state index contributed by atoms with van der Waals surface area (Å²) in [5, 5.41) is 23.7. The normalized spacial score (nSPS) is 21.6. The molecule has 1 aromatic carbocycles. The first-order chi connectivity index (χ1) is 16.6. The SMILES string of the molecule is COc1cc(CO[Si](C)(C)C(C)(C)C)c([C@@H](O)[C@H](O)C2=C(C)CCC3(SCCS3)C2(C)C)c(OC)c1. The minimum atomic E-state index is -2.06. The summed E-state index contributed by atoms with van der Waals surface area (Å²) in [6.45, 7) is 17.9. The van der Waals surface area contributed by atoms with Crippen molar-refractivity contribution in [1.82, 2.24) is 0 Å². The maximum Gasteiger partial charge on any atom is 0.192 e. The van der Waals surface area contributed by atoms with Gasteiger partial charge in [-0.25, -0.2) is 0 Å². The lowest BCUT2D eigenvalue weighted by Gasteiger charge is -2.50. The van der Waals surface area contributed by atoms with E-state index in [1.165, 1.54) is 5.57 Å². The lowest BCUT2D eigenvalue weighted by Crippen LogP contribution is -2.46. The highest BCUT2D eigenvalue weighted by Crippen LogP contribution is 2.64. The second-order valence-corrected chi connectivity index (χ2v) is 20.0. The van der Waals surface area contributed by atoms with Crippen LogP contribution in [0.2, 0.25) is 18.1 Å². The van der Waals surface area contributed by atoms with Gasteiger partial charge in [-0.1, -0.05) is 40.2 Å². The largest absolute Gasteiger partial charge is 0.497 e. The van der Waals surface area contributed by atoms with Gasteiger partial charge in [0.05, 0.1) is 24.9 Å². The van der Waals surface area contributed by atoms with Crippen molar-refractivity contribution in [2.24, 2.45) is 5.41 Å². The van der Waals surface area contributed by atoms with Crippen LogP contribution in [0.1, 0.15) is 71.6 Å². The Hall–Kier alpha value is -0.643. The molecule has 36 heavy (non-hydrogen) atoms. The van der Waals surface area contributed by atoms with Crippen LogP contribution in [0.3, 0.4) is 0 Å². The van der Waals surface area contributed by atoms with Crippen LogP contribution in [0.4, 0.5) is 0 Å². The quantitative estimate of drug-likeness (QED) is 0.267. The summed E-state index contributed by atoms with van der Waals surface area (Å²) in [5.74, 6) is 3.39. The van der Waals surface area contributed by atoms with Crippen molar-refractivity contribution in [2.75, 3.05) is 25.7 Å². The van der Waals surface area contributed by atoms with Crippen molar-refractivity contribution in [1.29, 1.82) is 0 Å². The van der Waals surface area contributed by atoms with Gasteiger partial charge in [0.2, 0.25) is 0 Å². The Morgan fingerprint density at radius 2 is 1.64 bits per heavy atom. The zero-order valence-corrected chi connectivity index (χ0v) is 26.4. The molecule has 2 atom stereocenters. The third-order valence-electron chi connectivity index (χ3n) is 8.61. The molecular weight excluding hydrogens is 509 g/mol. The number of rotatable bonds is 8. The second-order valence-electron chi connectivity index (χ2n) is 12.1. The molecule has 0 unspecified atom stereocenters. The van der Waals surface area contributed by atoms with Crippen molar-refractivity contribution >= 4 is 31.8 Å². The average molecular weight is 555 g/mol. The van der Waals surface area contributed by atoms with E-state index in [1.807, 2.05) is 29.6 Å². The molecule has 1 aliphatic heterocycles. The summed E-state index contributed by atoms with van der Waals surface area (Å²) < 4.78 is 17.9. The summed E-state index contributed by atoms with van der Waals surface area (Å²) in [4.78, 5) is 0. The van der Waals surface area contributed by atoms with Gasteiger partial charge in [0.25, 0.3) is 0 Å². The van der Waals surface area contributed by atoms with Crippen molar-refractivity contribution in [3.8, 4) is 11.5 Å². The molecule has 5 nitrogen and oxygen atoms in total. The van der Waals surface area contributed by atoms with E-state index >= 15 is 0 Å². The number of hydrogen-bond donors (Lipinski definition) is 2. The minimum Gasteiger partial charge on any atom is -0.497 e. The number of aliphatic hydroxyl groups is 2. The summed E-state index contributed by atoms with van der Waals surface area (Å²) in [6.07, 6.45) is -0.179. The molecule has 1 saturated heterocycles. The fourth-order valence-electron chi connectivity index (χ4n) is 5.31. The topological polar surface area (TPSA) is 68.2 Å². The van der Waals surface area contributed by atoms with Crippen molar-refractivity contribution in [2.45, 2.75) is 95.4 Å². The fraction of sp³-hybridized carbons (Fsp3) is 0.714. The zero-order valence-electron chi connectivity index (χ0n) is 23.8. The number of hydrogen-bond acceptors (Lipinski definition) is 7. The number of ether oxygens (including phenoxy) is 2. The Kier molecular flexibility index (Phi) is 9.01. The van der Waals surface area contributed by atoms with Gasteiger partial charge in [-0.3, -0.25) is 0 Å². The summed E-state index contributed by atoms with van der Waals surface area (Å²) in [6, 6.07) is 3.68. The predicted molar refractivity (Wildman–Crippen MR) is 156 cm³/mol. The molecule has 1 aliphatic carbocycles. The lowest BCUT2D eigenvalue weighted by atomic mass is 9.68. The first-order valence-electron chi connectivity index (χ1n) is 12.8. The molecule has 1 heterocycles. The molecule has 204 valence electrons. The molecule has 1 fully saturated rings. The number of aliphatic hydroxyl groups excluding tert-OH is 2. The van der Waals surface area contributed by atoms with Crippen LogP contribution >= 0.6 is 23.5 Å². The summed E-state index contributed by atoms with van der Waals surface area (Å²) in [7, 11) is 1.15. The molecule has 0 bridgehead atoms. The number of methoxy groups -OCH3 is 2. The van der Waals surface area contributed by atoms with E-state index in [4.69, 9.17) is 13.9 Å². The Labute approximate surface area is 227 Å². The molecule has 2 N–H and O–H groups in total. The molecule has 1 aromatic rings. The molecule has 0 saturated carbocycles. The van der Waals surface area contributed by atoms with E-state index in [0.29, 0.717) is 23.7 Å². The standard InChI is InChI=1S/C28H46O5S2Si/c1-18-11-12-28(34-13-14-35-28)27(5,6)23(18)25(30)24(29)22-19(15-20(31-7)16-21(22)32-8)17-33-36(9,10)26(2,3)4/h15-16,24-25,29-30H,11-14,17H2,1-10H3/t24-,25-/m1/s1. The molecule has 0 amide bonds. The van der Waals surface area contributed by atoms with Gasteiger partial charge in [-0.2, -0.15) is 0 Å². The summed E-state index contributed by atoms with van der Waals surface area (Å²) in [5.41, 5.74) is 3.23. The highest BCUT2D eigenvalue weighted by atomic mass is 32.2. The Morgan fingerprint density at radius 3 is 2.17 bits per heavy atom. The smallest absolute Gasteiger partial charge is 0.192 e. The molecule has 1 spiro atoms. The third-order valence-corrected chi connectivity index (χ3v) is 17.2. The lowest BCUT2D eigenvalue weighted by molar-refractivity contribution is 0.0232. The maximum absolute atomic E-state index is 11.8. The van der Waals surface area contributed by atoms with E-state index < -0.39 is 20.5 Å². The Balaban J connectivity index is 2.05. The molecular formula is C28H46O5S2Si. The maximum atomic E-state index is 11.8. The van der Waals surface area contributed by atoms with Crippen LogP contribution < -0.4 is 9.47 Å². The van der Waals surface area contributed by atoms with E-state index in [1.54, 1.807) is 20.3 Å². The summed E-state index contributed by atoms with van der Waals surface area (Å²) >= 11 is 4.02. The molecule has 2 aliphatic rings. The van der Waals surface area contributed by atoms with Gasteiger partial charge in [-0.05, 0) is 55.1 Å². The average Bonchev–Trinajstić information content (AvgIpc) is 3.29. The highest BCUT2D eigenvalue weighted by molar-refractivity contribution is 8.21. The van der Waals surface area contributed by atoms with Crippen molar-refractivity contribution in [3.05, 3.63) is 34.4 Å². The van der Waals surface area contributed by atoms with Gasteiger partial charge in [0.15, 0.2) is 8.32 Å².